The van der Waals surface area contributed by atoms with Gasteiger partial charge in [-0.3, -0.25) is 4.79 Å². The molecule has 0 radical (unpaired) electrons. The number of hydrogen-bond acceptors (Lipinski definition) is 3. The van der Waals surface area contributed by atoms with Gasteiger partial charge in [-0.25, -0.2) is 5.01 Å². The topological polar surface area (TPSA) is 64.9 Å². The molecule has 5 nitrogen and oxygen atoms in total. The van der Waals surface area contributed by atoms with Crippen molar-refractivity contribution in [2.75, 3.05) is 11.6 Å². The summed E-state index contributed by atoms with van der Waals surface area (Å²) in [5.74, 6) is -0.991. The van der Waals surface area contributed by atoms with Crippen LogP contribution in [0.25, 0.3) is 6.08 Å². The smallest absolute Gasteiger partial charge is 0.322 e. The van der Waals surface area contributed by atoms with E-state index in [0.717, 1.165) is 16.8 Å². The molecule has 122 valence electrons. The fourth-order valence-corrected chi connectivity index (χ4v) is 2.10. The Morgan fingerprint density at radius 1 is 1.17 bits per heavy atom. The second kappa shape index (κ2) is 8.59. The van der Waals surface area contributed by atoms with E-state index in [1.165, 1.54) is 5.01 Å². The fourth-order valence-electron chi connectivity index (χ4n) is 1.87. The van der Waals surface area contributed by atoms with Gasteiger partial charge >= 0.3 is 5.97 Å². The van der Waals surface area contributed by atoms with Crippen LogP contribution in [0.15, 0.2) is 66.3 Å². The third-order valence-corrected chi connectivity index (χ3v) is 3.40. The number of hydrogen-bond donors (Lipinski definition) is 2. The molecular formula is C18H17N3O2S. The third-order valence-electron chi connectivity index (χ3n) is 3.08. The van der Waals surface area contributed by atoms with Gasteiger partial charge in [0.25, 0.3) is 0 Å². The molecule has 2 rings (SSSR count). The number of anilines is 1. The Morgan fingerprint density at radius 3 is 2.38 bits per heavy atom. The number of carbonyl (C=O) groups is 1. The molecule has 0 aliphatic rings. The van der Waals surface area contributed by atoms with E-state index < -0.39 is 5.97 Å². The zero-order valence-electron chi connectivity index (χ0n) is 12.9. The van der Waals surface area contributed by atoms with Crippen molar-refractivity contribution in [1.29, 1.82) is 0 Å². The van der Waals surface area contributed by atoms with Crippen molar-refractivity contribution in [1.82, 2.24) is 5.32 Å². The van der Waals surface area contributed by atoms with Crippen LogP contribution in [-0.2, 0) is 4.79 Å². The molecule has 2 aromatic carbocycles. The summed E-state index contributed by atoms with van der Waals surface area (Å²) in [4.78, 5) is 10.7. The number of carboxylic acid groups (broad SMARTS) is 1. The number of rotatable bonds is 6. The van der Waals surface area contributed by atoms with Gasteiger partial charge in [-0.1, -0.05) is 55.1 Å². The van der Waals surface area contributed by atoms with E-state index in [4.69, 9.17) is 17.3 Å². The number of nitrogens with zero attached hydrogens (tertiary/aromatic N) is 2. The average molecular weight is 339 g/mol. The van der Waals surface area contributed by atoms with Crippen LogP contribution in [0, 0.1) is 0 Å². The molecule has 0 saturated carbocycles. The molecule has 0 unspecified atom stereocenters. The fraction of sp³-hybridized carbons (Fsp3) is 0.0556. The van der Waals surface area contributed by atoms with Gasteiger partial charge in [0.2, 0.25) is 0 Å². The third kappa shape index (κ3) is 5.03. The lowest BCUT2D eigenvalue weighted by molar-refractivity contribution is -0.135. The molecule has 0 spiro atoms. The van der Waals surface area contributed by atoms with Crippen LogP contribution in [0.1, 0.15) is 11.1 Å². The summed E-state index contributed by atoms with van der Waals surface area (Å²) >= 11 is 5.26. The Morgan fingerprint density at radius 2 is 1.79 bits per heavy atom. The van der Waals surface area contributed by atoms with Crippen molar-refractivity contribution in [3.8, 4) is 0 Å². The van der Waals surface area contributed by atoms with Gasteiger partial charge < -0.3 is 10.4 Å². The van der Waals surface area contributed by atoms with Gasteiger partial charge in [0, 0.05) is 0 Å². The van der Waals surface area contributed by atoms with E-state index in [-0.39, 0.29) is 11.7 Å². The van der Waals surface area contributed by atoms with Crippen molar-refractivity contribution in [3.05, 3.63) is 72.3 Å². The first-order valence-corrected chi connectivity index (χ1v) is 7.62. The molecule has 0 heterocycles. The number of hydrazone groups is 1. The van der Waals surface area contributed by atoms with Crippen LogP contribution in [0.5, 0.6) is 0 Å². The first kappa shape index (κ1) is 17.4. The standard InChI is InChI=1S/C18H17N3O2S/c1-2-14-8-10-15(11-9-14)12-20-21(16-6-4-3-5-7-16)18(24)19-13-17(22)23/h2-12H,1,13H2,(H,19,24)(H,22,23). The highest BCUT2D eigenvalue weighted by atomic mass is 32.1. The molecule has 0 atom stereocenters. The molecule has 2 aromatic rings. The second-order valence-corrected chi connectivity index (χ2v) is 5.20. The van der Waals surface area contributed by atoms with Crippen molar-refractivity contribution in [2.24, 2.45) is 5.10 Å². The monoisotopic (exact) mass is 339 g/mol. The number of aliphatic carboxylic acids is 1. The zero-order valence-corrected chi connectivity index (χ0v) is 13.7. The summed E-state index contributed by atoms with van der Waals surface area (Å²) in [6.07, 6.45) is 3.43. The van der Waals surface area contributed by atoms with Crippen LogP contribution in [0.2, 0.25) is 0 Å². The van der Waals surface area contributed by atoms with E-state index >= 15 is 0 Å². The van der Waals surface area contributed by atoms with Gasteiger partial charge in [-0.15, -0.1) is 0 Å². The Bertz CT molecular complexity index is 743. The zero-order chi connectivity index (χ0) is 17.4. The van der Waals surface area contributed by atoms with Gasteiger partial charge in [-0.05, 0) is 35.5 Å². The van der Waals surface area contributed by atoms with E-state index in [2.05, 4.69) is 17.0 Å². The maximum atomic E-state index is 10.7. The lowest BCUT2D eigenvalue weighted by Gasteiger charge is -2.20. The maximum absolute atomic E-state index is 10.7. The molecule has 0 fully saturated rings. The molecular weight excluding hydrogens is 322 g/mol. The number of nitrogens with one attached hydrogen (secondary N) is 1. The molecule has 0 aliphatic heterocycles. The second-order valence-electron chi connectivity index (χ2n) is 4.82. The van der Waals surface area contributed by atoms with Gasteiger partial charge in [0.1, 0.15) is 6.54 Å². The van der Waals surface area contributed by atoms with Crippen molar-refractivity contribution >= 4 is 41.3 Å². The van der Waals surface area contributed by atoms with Crippen LogP contribution in [-0.4, -0.2) is 28.9 Å². The minimum Gasteiger partial charge on any atom is -0.480 e. The van der Waals surface area contributed by atoms with Gasteiger partial charge in [0.05, 0.1) is 11.9 Å². The van der Waals surface area contributed by atoms with Crippen LogP contribution in [0.3, 0.4) is 0 Å². The van der Waals surface area contributed by atoms with E-state index in [1.54, 1.807) is 12.3 Å². The van der Waals surface area contributed by atoms with E-state index in [0.29, 0.717) is 0 Å². The quantitative estimate of drug-likeness (QED) is 0.481. The Labute approximate surface area is 145 Å². The van der Waals surface area contributed by atoms with E-state index in [1.807, 2.05) is 54.6 Å². The molecule has 24 heavy (non-hydrogen) atoms. The minimum absolute atomic E-state index is 0.211. The SMILES string of the molecule is C=Cc1ccc(C=NN(C(=S)NCC(=O)O)c2ccccc2)cc1. The van der Waals surface area contributed by atoms with Gasteiger partial charge in [0.15, 0.2) is 5.11 Å². The Balaban J connectivity index is 2.21. The lowest BCUT2D eigenvalue weighted by atomic mass is 10.1. The summed E-state index contributed by atoms with van der Waals surface area (Å²) in [6, 6.07) is 17.0. The highest BCUT2D eigenvalue weighted by molar-refractivity contribution is 7.80. The molecule has 0 bridgehead atoms. The largest absolute Gasteiger partial charge is 0.480 e. The highest BCUT2D eigenvalue weighted by Gasteiger charge is 2.11. The van der Waals surface area contributed by atoms with Crippen LogP contribution >= 0.6 is 12.2 Å². The molecule has 0 aliphatic carbocycles. The highest BCUT2D eigenvalue weighted by Crippen LogP contribution is 2.14. The first-order valence-electron chi connectivity index (χ1n) is 7.21. The summed E-state index contributed by atoms with van der Waals surface area (Å²) in [5, 5.41) is 17.5. The summed E-state index contributed by atoms with van der Waals surface area (Å²) < 4.78 is 0. The van der Waals surface area contributed by atoms with Crippen LogP contribution < -0.4 is 10.3 Å². The number of thiocarbonyl (C=S) groups is 1. The van der Waals surface area contributed by atoms with E-state index in [9.17, 15) is 4.79 Å². The van der Waals surface area contributed by atoms with Crippen molar-refractivity contribution in [2.45, 2.75) is 0 Å². The Kier molecular flexibility index (Phi) is 6.22. The Hall–Kier alpha value is -2.99. The lowest BCUT2D eigenvalue weighted by Crippen LogP contribution is -2.39. The summed E-state index contributed by atoms with van der Waals surface area (Å²) in [7, 11) is 0. The average Bonchev–Trinajstić information content (AvgIpc) is 2.61. The first-order chi connectivity index (χ1) is 11.6. The molecule has 6 heteroatoms. The maximum Gasteiger partial charge on any atom is 0.322 e. The summed E-state index contributed by atoms with van der Waals surface area (Å²) in [5.41, 5.74) is 2.65. The minimum atomic E-state index is -0.991. The molecule has 0 amide bonds. The van der Waals surface area contributed by atoms with Crippen molar-refractivity contribution < 1.29 is 9.90 Å². The van der Waals surface area contributed by atoms with Gasteiger partial charge in [-0.2, -0.15) is 5.10 Å². The molecule has 0 aromatic heterocycles. The molecule has 0 saturated heterocycles. The van der Waals surface area contributed by atoms with Crippen LogP contribution in [0.4, 0.5) is 5.69 Å². The predicted molar refractivity (Wildman–Crippen MR) is 101 cm³/mol. The normalized spacial score (nSPS) is 10.3. The number of carboxylic acids is 1. The van der Waals surface area contributed by atoms with Crippen molar-refractivity contribution in [3.63, 3.8) is 0 Å². The molecule has 2 N–H and O–H groups in total. The predicted octanol–water partition coefficient (Wildman–Crippen LogP) is 3.13. The summed E-state index contributed by atoms with van der Waals surface area (Å²) in [6.45, 7) is 3.45. The number of para-hydroxylation sites is 1. The number of benzene rings is 2.